The number of benzene rings is 1. The predicted octanol–water partition coefficient (Wildman–Crippen LogP) is 2.74. The molecular weight excluding hydrogens is 268 g/mol. The molecule has 0 radical (unpaired) electrons. The summed E-state index contributed by atoms with van der Waals surface area (Å²) in [5.41, 5.74) is 2.66. The molecular formula is C16H14N2O3. The van der Waals surface area contributed by atoms with Crippen molar-refractivity contribution in [3.63, 3.8) is 0 Å². The maximum atomic E-state index is 12.1. The van der Waals surface area contributed by atoms with E-state index in [2.05, 4.69) is 10.3 Å². The van der Waals surface area contributed by atoms with Crippen LogP contribution < -0.4 is 5.32 Å². The van der Waals surface area contributed by atoms with Crippen molar-refractivity contribution in [3.8, 4) is 0 Å². The number of nitrogens with zero attached hydrogens (tertiary/aromatic N) is 1. The number of aliphatic carboxylic acids is 1. The van der Waals surface area contributed by atoms with E-state index in [1.165, 1.54) is 12.3 Å². The number of hydrogen-bond donors (Lipinski definition) is 2. The van der Waals surface area contributed by atoms with E-state index in [-0.39, 0.29) is 5.91 Å². The Morgan fingerprint density at radius 1 is 1.24 bits per heavy atom. The van der Waals surface area contributed by atoms with E-state index in [9.17, 15) is 9.59 Å². The number of hydrogen-bond acceptors (Lipinski definition) is 3. The van der Waals surface area contributed by atoms with Crippen molar-refractivity contribution in [1.82, 2.24) is 4.98 Å². The number of carboxylic acid groups (broad SMARTS) is 1. The van der Waals surface area contributed by atoms with Crippen molar-refractivity contribution < 1.29 is 14.7 Å². The quantitative estimate of drug-likeness (QED) is 0.845. The monoisotopic (exact) mass is 282 g/mol. The molecule has 0 atom stereocenters. The summed E-state index contributed by atoms with van der Waals surface area (Å²) in [6.45, 7) is 1.86. The van der Waals surface area contributed by atoms with E-state index in [1.54, 1.807) is 36.5 Å². The molecule has 1 amide bonds. The van der Waals surface area contributed by atoms with Crippen LogP contribution in [-0.2, 0) is 4.79 Å². The molecule has 0 aliphatic rings. The molecule has 0 bridgehead atoms. The average Bonchev–Trinajstić information content (AvgIpc) is 2.45. The molecule has 1 aromatic carbocycles. The maximum absolute atomic E-state index is 12.1. The minimum atomic E-state index is -1.02. The smallest absolute Gasteiger partial charge is 0.328 e. The highest BCUT2D eigenvalue weighted by Gasteiger charge is 2.06. The van der Waals surface area contributed by atoms with Crippen LogP contribution in [0.5, 0.6) is 0 Å². The highest BCUT2D eigenvalue weighted by atomic mass is 16.4. The van der Waals surface area contributed by atoms with E-state index in [0.717, 1.165) is 11.6 Å². The molecule has 0 aliphatic carbocycles. The first kappa shape index (κ1) is 14.5. The number of anilines is 1. The van der Waals surface area contributed by atoms with Crippen LogP contribution in [0.4, 0.5) is 5.69 Å². The lowest BCUT2D eigenvalue weighted by atomic mass is 10.1. The molecule has 21 heavy (non-hydrogen) atoms. The van der Waals surface area contributed by atoms with Crippen LogP contribution in [0.25, 0.3) is 6.08 Å². The van der Waals surface area contributed by atoms with Gasteiger partial charge in [0.1, 0.15) is 0 Å². The van der Waals surface area contributed by atoms with E-state index >= 15 is 0 Å². The van der Waals surface area contributed by atoms with Gasteiger partial charge >= 0.3 is 5.97 Å². The molecule has 1 heterocycles. The lowest BCUT2D eigenvalue weighted by Gasteiger charge is -2.06. The standard InChI is InChI=1S/C16H14N2O3/c1-11-7-13(10-17-9-11)16(21)18-14-4-2-3-12(8-14)5-6-15(19)20/h2-10H,1H3,(H,18,21)(H,19,20)/b6-5+. The summed E-state index contributed by atoms with van der Waals surface area (Å²) in [5.74, 6) is -1.28. The Kier molecular flexibility index (Phi) is 4.46. The molecule has 0 saturated heterocycles. The number of carbonyl (C=O) groups excluding carboxylic acids is 1. The van der Waals surface area contributed by atoms with Gasteiger partial charge in [-0.15, -0.1) is 0 Å². The zero-order valence-corrected chi connectivity index (χ0v) is 11.4. The average molecular weight is 282 g/mol. The van der Waals surface area contributed by atoms with Gasteiger partial charge in [-0.1, -0.05) is 12.1 Å². The molecule has 2 aromatic rings. The molecule has 0 unspecified atom stereocenters. The Balaban J connectivity index is 2.14. The second-order valence-corrected chi connectivity index (χ2v) is 4.50. The number of carboxylic acids is 1. The SMILES string of the molecule is Cc1cncc(C(=O)Nc2cccc(/C=C/C(=O)O)c2)c1. The van der Waals surface area contributed by atoms with Crippen molar-refractivity contribution in [3.05, 3.63) is 65.5 Å². The summed E-state index contributed by atoms with van der Waals surface area (Å²) in [6, 6.07) is 8.67. The van der Waals surface area contributed by atoms with Crippen molar-refractivity contribution in [2.24, 2.45) is 0 Å². The molecule has 2 rings (SSSR count). The number of aromatic nitrogens is 1. The first-order valence-electron chi connectivity index (χ1n) is 6.29. The Morgan fingerprint density at radius 3 is 2.76 bits per heavy atom. The third-order valence-corrected chi connectivity index (χ3v) is 2.70. The normalized spacial score (nSPS) is 10.5. The van der Waals surface area contributed by atoms with Crippen LogP contribution in [-0.4, -0.2) is 22.0 Å². The molecule has 0 saturated carbocycles. The Bertz CT molecular complexity index is 708. The van der Waals surface area contributed by atoms with Gasteiger partial charge < -0.3 is 10.4 Å². The zero-order chi connectivity index (χ0) is 15.2. The molecule has 0 fully saturated rings. The summed E-state index contributed by atoms with van der Waals surface area (Å²) in [7, 11) is 0. The summed E-state index contributed by atoms with van der Waals surface area (Å²) < 4.78 is 0. The highest BCUT2D eigenvalue weighted by Crippen LogP contribution is 2.13. The molecule has 0 aliphatic heterocycles. The van der Waals surface area contributed by atoms with Gasteiger partial charge in [-0.3, -0.25) is 9.78 Å². The van der Waals surface area contributed by atoms with Crippen LogP contribution in [0.15, 0.2) is 48.8 Å². The molecule has 5 heteroatoms. The van der Waals surface area contributed by atoms with Gasteiger partial charge in [0.05, 0.1) is 5.56 Å². The fourth-order valence-corrected chi connectivity index (χ4v) is 1.77. The fourth-order valence-electron chi connectivity index (χ4n) is 1.77. The Hall–Kier alpha value is -2.95. The van der Waals surface area contributed by atoms with Crippen LogP contribution in [0.2, 0.25) is 0 Å². The lowest BCUT2D eigenvalue weighted by molar-refractivity contribution is -0.131. The molecule has 1 aromatic heterocycles. The summed E-state index contributed by atoms with van der Waals surface area (Å²) >= 11 is 0. The number of nitrogens with one attached hydrogen (secondary N) is 1. The first-order chi connectivity index (χ1) is 10.0. The van der Waals surface area contributed by atoms with E-state index < -0.39 is 5.97 Å². The number of rotatable bonds is 4. The van der Waals surface area contributed by atoms with Crippen molar-refractivity contribution in [2.75, 3.05) is 5.32 Å². The first-order valence-corrected chi connectivity index (χ1v) is 6.29. The molecule has 2 N–H and O–H groups in total. The maximum Gasteiger partial charge on any atom is 0.328 e. The van der Waals surface area contributed by atoms with Crippen molar-refractivity contribution >= 4 is 23.6 Å². The topological polar surface area (TPSA) is 79.3 Å². The number of amides is 1. The number of carbonyl (C=O) groups is 2. The van der Waals surface area contributed by atoms with Gasteiger partial charge in [-0.2, -0.15) is 0 Å². The Morgan fingerprint density at radius 2 is 2.05 bits per heavy atom. The summed E-state index contributed by atoms with van der Waals surface area (Å²) in [6.07, 6.45) is 5.68. The minimum Gasteiger partial charge on any atom is -0.478 e. The zero-order valence-electron chi connectivity index (χ0n) is 11.4. The minimum absolute atomic E-state index is 0.259. The molecule has 5 nitrogen and oxygen atoms in total. The second kappa shape index (κ2) is 6.47. The van der Waals surface area contributed by atoms with Gasteiger partial charge in [-0.05, 0) is 42.3 Å². The highest BCUT2D eigenvalue weighted by molar-refractivity contribution is 6.04. The van der Waals surface area contributed by atoms with Gasteiger partial charge in [0.2, 0.25) is 0 Å². The molecule has 0 spiro atoms. The molecule has 106 valence electrons. The van der Waals surface area contributed by atoms with Crippen molar-refractivity contribution in [1.29, 1.82) is 0 Å². The lowest BCUT2D eigenvalue weighted by Crippen LogP contribution is -2.12. The summed E-state index contributed by atoms with van der Waals surface area (Å²) in [5, 5.41) is 11.4. The van der Waals surface area contributed by atoms with E-state index in [1.807, 2.05) is 6.92 Å². The predicted molar refractivity (Wildman–Crippen MR) is 80.0 cm³/mol. The van der Waals surface area contributed by atoms with Crippen LogP contribution in [0.1, 0.15) is 21.5 Å². The third-order valence-electron chi connectivity index (χ3n) is 2.70. The van der Waals surface area contributed by atoms with Crippen LogP contribution >= 0.6 is 0 Å². The van der Waals surface area contributed by atoms with Crippen LogP contribution in [0, 0.1) is 6.92 Å². The van der Waals surface area contributed by atoms with Gasteiger partial charge in [0.15, 0.2) is 0 Å². The number of pyridine rings is 1. The van der Waals surface area contributed by atoms with Crippen molar-refractivity contribution in [2.45, 2.75) is 6.92 Å². The third kappa shape index (κ3) is 4.28. The van der Waals surface area contributed by atoms with Gasteiger partial charge in [0.25, 0.3) is 5.91 Å². The van der Waals surface area contributed by atoms with E-state index in [4.69, 9.17) is 5.11 Å². The van der Waals surface area contributed by atoms with Gasteiger partial charge in [-0.25, -0.2) is 4.79 Å². The summed E-state index contributed by atoms with van der Waals surface area (Å²) in [4.78, 5) is 26.5. The van der Waals surface area contributed by atoms with Gasteiger partial charge in [0, 0.05) is 24.2 Å². The van der Waals surface area contributed by atoms with E-state index in [0.29, 0.717) is 16.8 Å². The van der Waals surface area contributed by atoms with Crippen LogP contribution in [0.3, 0.4) is 0 Å². The second-order valence-electron chi connectivity index (χ2n) is 4.50. The number of aryl methyl sites for hydroxylation is 1. The Labute approximate surface area is 122 Å². The fraction of sp³-hybridized carbons (Fsp3) is 0.0625. The largest absolute Gasteiger partial charge is 0.478 e.